The zero-order chi connectivity index (χ0) is 21.1. The number of amides is 3. The molecule has 0 atom stereocenters. The maximum Gasteiger partial charge on any atom is 0.275 e. The summed E-state index contributed by atoms with van der Waals surface area (Å²) in [4.78, 5) is 41.7. The molecule has 0 aliphatic carbocycles. The molecule has 29 heavy (non-hydrogen) atoms. The number of hydrogen-bond donors (Lipinski definition) is 6. The van der Waals surface area contributed by atoms with Crippen molar-refractivity contribution in [2.24, 2.45) is 16.9 Å². The van der Waals surface area contributed by atoms with Gasteiger partial charge in [-0.25, -0.2) is 10.8 Å². The monoisotopic (exact) mass is 450 g/mol. The van der Waals surface area contributed by atoms with E-state index in [9.17, 15) is 14.4 Å². The van der Waals surface area contributed by atoms with Gasteiger partial charge in [0.25, 0.3) is 5.91 Å². The molecule has 0 saturated carbocycles. The number of rotatable bonds is 4. The minimum Gasteiger partial charge on any atom is -0.302 e. The molecule has 1 aromatic heterocycles. The number of hydrogen-bond acceptors (Lipinski definition) is 9. The molecule has 7 N–H and O–H groups in total. The second kappa shape index (κ2) is 8.52. The number of hydrazone groups is 1. The molecule has 1 aliphatic rings. The van der Waals surface area contributed by atoms with Gasteiger partial charge in [-0.15, -0.1) is 0 Å². The zero-order valence-corrected chi connectivity index (χ0v) is 17.2. The average Bonchev–Trinajstić information content (AvgIpc) is 3.04. The molecule has 1 fully saturated rings. The van der Waals surface area contributed by atoms with Crippen molar-refractivity contribution in [3.63, 3.8) is 0 Å². The summed E-state index contributed by atoms with van der Waals surface area (Å²) in [5.41, 5.74) is 5.70. The fraction of sp³-hybridized carbons (Fsp3) is 0.133. The molecule has 3 amide bonds. The number of anilines is 1. The van der Waals surface area contributed by atoms with Crippen LogP contribution in [0.15, 0.2) is 23.3 Å². The van der Waals surface area contributed by atoms with Crippen LogP contribution in [0.25, 0.3) is 10.2 Å². The average molecular weight is 451 g/mol. The van der Waals surface area contributed by atoms with Crippen LogP contribution in [0, 0.1) is 12.8 Å². The molecule has 1 aromatic carbocycles. The number of aromatic nitrogens is 1. The van der Waals surface area contributed by atoms with Crippen LogP contribution in [-0.4, -0.2) is 38.6 Å². The fourth-order valence-corrected chi connectivity index (χ4v) is 3.61. The van der Waals surface area contributed by atoms with Crippen molar-refractivity contribution < 1.29 is 14.4 Å². The summed E-state index contributed by atoms with van der Waals surface area (Å²) in [6.07, 6.45) is 0. The Morgan fingerprint density at radius 3 is 2.66 bits per heavy atom. The molecule has 0 radical (unpaired) electrons. The van der Waals surface area contributed by atoms with Crippen LogP contribution >= 0.6 is 35.8 Å². The van der Waals surface area contributed by atoms with Gasteiger partial charge in [-0.05, 0) is 49.1 Å². The number of nitrogens with zero attached hydrogens (tertiary/aromatic N) is 2. The highest BCUT2D eigenvalue weighted by atomic mass is 32.1. The number of nitrogens with one attached hydrogen (secondary N) is 5. The summed E-state index contributed by atoms with van der Waals surface area (Å²) < 4.78 is 0.865. The standard InChI is InChI=1S/C15H14N8O3S3/c1-5-2-3-6-7(4-5)29-15(17-6)20-12(26)9(22-23-14(28)21-16)8-10(24)18-13(27)19-11(8)25/h2-4,8H,16H2,1H3,(H,17,20,26)(H2,21,23,28)(H2,18,19,24,25,27)/b22-9-. The summed E-state index contributed by atoms with van der Waals surface area (Å²) in [6.45, 7) is 1.94. The van der Waals surface area contributed by atoms with Crippen molar-refractivity contribution in [2.75, 3.05) is 5.32 Å². The maximum absolute atomic E-state index is 12.8. The van der Waals surface area contributed by atoms with Gasteiger partial charge in [0.15, 0.2) is 16.2 Å². The number of hydrazine groups is 1. The molecule has 0 unspecified atom stereocenters. The SMILES string of the molecule is Cc1ccc2nc(NC(=O)/C(=N\NC(=S)NN)C3C(=O)NC(=S)NC3=O)sc2c1. The van der Waals surface area contributed by atoms with E-state index in [1.165, 1.54) is 11.3 Å². The van der Waals surface area contributed by atoms with E-state index < -0.39 is 29.4 Å². The second-order valence-corrected chi connectivity index (χ2v) is 7.61. The third-order valence-corrected chi connectivity index (χ3v) is 5.02. The lowest BCUT2D eigenvalue weighted by atomic mass is 9.99. The Balaban J connectivity index is 1.90. The van der Waals surface area contributed by atoms with E-state index in [0.717, 1.165) is 10.3 Å². The van der Waals surface area contributed by atoms with Gasteiger partial charge in [-0.2, -0.15) is 5.10 Å². The van der Waals surface area contributed by atoms with Gasteiger partial charge in [0.2, 0.25) is 16.9 Å². The van der Waals surface area contributed by atoms with Crippen LogP contribution in [0.5, 0.6) is 0 Å². The summed E-state index contributed by atoms with van der Waals surface area (Å²) in [7, 11) is 0. The fourth-order valence-electron chi connectivity index (χ4n) is 2.40. The molecule has 1 aliphatic heterocycles. The van der Waals surface area contributed by atoms with Crippen molar-refractivity contribution in [1.29, 1.82) is 0 Å². The Labute approximate surface area is 178 Å². The molecule has 2 aromatic rings. The summed E-state index contributed by atoms with van der Waals surface area (Å²) >= 11 is 10.8. The Bertz CT molecular complexity index is 1060. The van der Waals surface area contributed by atoms with Crippen LogP contribution in [0.2, 0.25) is 0 Å². The Morgan fingerprint density at radius 1 is 1.31 bits per heavy atom. The smallest absolute Gasteiger partial charge is 0.275 e. The van der Waals surface area contributed by atoms with Crippen molar-refractivity contribution in [3.8, 4) is 0 Å². The number of thiocarbonyl (C=S) groups is 2. The summed E-state index contributed by atoms with van der Waals surface area (Å²) in [5, 5.41) is 10.9. The van der Waals surface area contributed by atoms with Gasteiger partial charge in [0.05, 0.1) is 10.2 Å². The Morgan fingerprint density at radius 2 is 2.00 bits per heavy atom. The molecule has 1 saturated heterocycles. The number of thiazole rings is 1. The Kier molecular flexibility index (Phi) is 6.07. The normalized spacial score (nSPS) is 15.0. The number of carbonyl (C=O) groups is 3. The predicted molar refractivity (Wildman–Crippen MR) is 116 cm³/mol. The summed E-state index contributed by atoms with van der Waals surface area (Å²) in [5.74, 6) is 1.16. The number of nitrogens with two attached hydrogens (primary N) is 1. The number of carbonyl (C=O) groups excluding carboxylic acids is 3. The highest BCUT2D eigenvalue weighted by Gasteiger charge is 2.40. The lowest BCUT2D eigenvalue weighted by molar-refractivity contribution is -0.132. The number of benzene rings is 1. The molecule has 3 rings (SSSR count). The van der Waals surface area contributed by atoms with Gasteiger partial charge in [-0.1, -0.05) is 17.4 Å². The van der Waals surface area contributed by atoms with Gasteiger partial charge in [0.1, 0.15) is 5.71 Å². The molecular formula is C15H14N8O3S3. The van der Waals surface area contributed by atoms with Crippen molar-refractivity contribution in [3.05, 3.63) is 23.8 Å². The molecule has 2 heterocycles. The lowest BCUT2D eigenvalue weighted by Crippen LogP contribution is -2.59. The van der Waals surface area contributed by atoms with Gasteiger partial charge >= 0.3 is 0 Å². The first-order valence-corrected chi connectivity index (χ1v) is 9.60. The quantitative estimate of drug-likeness (QED) is 0.117. The molecule has 14 heteroatoms. The van der Waals surface area contributed by atoms with Crippen molar-refractivity contribution in [1.82, 2.24) is 26.5 Å². The molecule has 0 bridgehead atoms. The highest BCUT2D eigenvalue weighted by Crippen LogP contribution is 2.26. The van der Waals surface area contributed by atoms with Crippen LogP contribution < -0.4 is 32.6 Å². The number of fused-ring (bicyclic) bond motifs is 1. The van der Waals surface area contributed by atoms with Crippen LogP contribution in [-0.2, 0) is 14.4 Å². The largest absolute Gasteiger partial charge is 0.302 e. The first-order chi connectivity index (χ1) is 13.8. The van der Waals surface area contributed by atoms with E-state index in [1.807, 2.05) is 25.1 Å². The molecule has 150 valence electrons. The van der Waals surface area contributed by atoms with Crippen LogP contribution in [0.4, 0.5) is 5.13 Å². The maximum atomic E-state index is 12.8. The minimum atomic E-state index is -1.56. The first kappa shape index (κ1) is 20.7. The third kappa shape index (κ3) is 4.68. The van der Waals surface area contributed by atoms with E-state index >= 15 is 0 Å². The van der Waals surface area contributed by atoms with E-state index in [2.05, 4.69) is 36.9 Å². The minimum absolute atomic E-state index is 0.127. The van der Waals surface area contributed by atoms with E-state index in [1.54, 1.807) is 0 Å². The van der Waals surface area contributed by atoms with Crippen molar-refractivity contribution in [2.45, 2.75) is 6.92 Å². The third-order valence-electron chi connectivity index (χ3n) is 3.68. The molecular weight excluding hydrogens is 436 g/mol. The van der Waals surface area contributed by atoms with Crippen molar-refractivity contribution >= 4 is 84.8 Å². The number of aryl methyl sites for hydroxylation is 1. The summed E-state index contributed by atoms with van der Waals surface area (Å²) in [6, 6.07) is 5.64. The predicted octanol–water partition coefficient (Wildman–Crippen LogP) is -0.616. The van der Waals surface area contributed by atoms with Crippen LogP contribution in [0.1, 0.15) is 5.56 Å². The zero-order valence-electron chi connectivity index (χ0n) is 14.7. The van der Waals surface area contributed by atoms with Gasteiger partial charge in [-0.3, -0.25) is 30.6 Å². The second-order valence-electron chi connectivity index (χ2n) is 5.77. The topological polar surface area (TPSA) is 163 Å². The van der Waals surface area contributed by atoms with Gasteiger partial charge in [0, 0.05) is 0 Å². The highest BCUT2D eigenvalue weighted by molar-refractivity contribution is 7.80. The van der Waals surface area contributed by atoms with Gasteiger partial charge < -0.3 is 10.6 Å². The van der Waals surface area contributed by atoms with E-state index in [-0.39, 0.29) is 15.4 Å². The lowest BCUT2D eigenvalue weighted by Gasteiger charge is -2.23. The van der Waals surface area contributed by atoms with E-state index in [0.29, 0.717) is 5.52 Å². The molecule has 11 nitrogen and oxygen atoms in total. The van der Waals surface area contributed by atoms with Crippen LogP contribution in [0.3, 0.4) is 0 Å². The molecule has 0 spiro atoms. The van der Waals surface area contributed by atoms with E-state index in [4.69, 9.17) is 30.3 Å². The Hall–Kier alpha value is -3.07. The first-order valence-electron chi connectivity index (χ1n) is 7.97.